The highest BCUT2D eigenvalue weighted by molar-refractivity contribution is 7.27. The average molecular weight is 749 g/mol. The standard InChI is InChI=1S/C52H41BN2OSi/c1-52(2,3)36-30-32-39(33-31-36)55-43-26-16-28-47-50(43)53-49-44(55)34-40(54(37-18-8-4-9-19-37)38-20-10-5-11-21-38)35-46(49)56-45-27-17-29-48(51(45)53)57(47,41-22-12-6-13-23-41)42-24-14-7-15-25-42/h4-35H,1-3H3. The number of anilines is 6. The minimum Gasteiger partial charge on any atom is -0.458 e. The van der Waals surface area contributed by atoms with Gasteiger partial charge in [0.15, 0.2) is 8.07 Å². The molecule has 0 spiro atoms. The molecule has 272 valence electrons. The molecule has 8 aromatic carbocycles. The van der Waals surface area contributed by atoms with Crippen LogP contribution < -0.4 is 51.7 Å². The number of hydrogen-bond donors (Lipinski definition) is 0. The van der Waals surface area contributed by atoms with Gasteiger partial charge < -0.3 is 14.5 Å². The summed E-state index contributed by atoms with van der Waals surface area (Å²) in [6.45, 7) is 6.86. The smallest absolute Gasteiger partial charge is 0.256 e. The summed E-state index contributed by atoms with van der Waals surface area (Å²) >= 11 is 0. The maximum atomic E-state index is 7.29. The fourth-order valence-electron chi connectivity index (χ4n) is 9.90. The highest BCUT2D eigenvalue weighted by Gasteiger charge is 2.56. The minimum absolute atomic E-state index is 0.00949. The maximum absolute atomic E-state index is 7.29. The van der Waals surface area contributed by atoms with E-state index in [1.54, 1.807) is 0 Å². The van der Waals surface area contributed by atoms with Crippen molar-refractivity contribution in [3.63, 3.8) is 0 Å². The molecule has 0 radical (unpaired) electrons. The molecule has 0 amide bonds. The number of hydrogen-bond acceptors (Lipinski definition) is 3. The fourth-order valence-corrected chi connectivity index (χ4v) is 15.2. The first-order valence-electron chi connectivity index (χ1n) is 20.0. The van der Waals surface area contributed by atoms with Gasteiger partial charge in [-0.05, 0) is 103 Å². The second kappa shape index (κ2) is 12.7. The lowest BCUT2D eigenvalue weighted by Crippen LogP contribution is -2.87. The Morgan fingerprint density at radius 1 is 0.474 bits per heavy atom. The summed E-state index contributed by atoms with van der Waals surface area (Å²) in [5.74, 6) is 1.85. The first-order valence-corrected chi connectivity index (χ1v) is 22.0. The van der Waals surface area contributed by atoms with Gasteiger partial charge in [0.05, 0.1) is 5.69 Å². The van der Waals surface area contributed by atoms with Crippen molar-refractivity contribution in [3.05, 3.63) is 200 Å². The Labute approximate surface area is 336 Å². The molecule has 0 saturated heterocycles. The summed E-state index contributed by atoms with van der Waals surface area (Å²) in [5, 5.41) is 5.61. The van der Waals surface area contributed by atoms with Crippen molar-refractivity contribution in [1.29, 1.82) is 0 Å². The minimum atomic E-state index is -2.85. The molecule has 0 aliphatic carbocycles. The van der Waals surface area contributed by atoms with Crippen molar-refractivity contribution in [2.24, 2.45) is 0 Å². The number of para-hydroxylation sites is 2. The zero-order valence-electron chi connectivity index (χ0n) is 32.4. The van der Waals surface area contributed by atoms with Crippen molar-refractivity contribution in [3.8, 4) is 11.5 Å². The monoisotopic (exact) mass is 748 g/mol. The van der Waals surface area contributed by atoms with Crippen LogP contribution in [0, 0.1) is 0 Å². The summed E-state index contributed by atoms with van der Waals surface area (Å²) < 4.78 is 7.29. The molecule has 0 saturated carbocycles. The van der Waals surface area contributed by atoms with Crippen LogP contribution in [0.15, 0.2) is 194 Å². The molecule has 3 nitrogen and oxygen atoms in total. The molecule has 0 atom stereocenters. The van der Waals surface area contributed by atoms with E-state index >= 15 is 0 Å². The summed E-state index contributed by atoms with van der Waals surface area (Å²) in [6, 6.07) is 71.8. The predicted molar refractivity (Wildman–Crippen MR) is 243 cm³/mol. The zero-order valence-corrected chi connectivity index (χ0v) is 33.4. The van der Waals surface area contributed by atoms with Gasteiger partial charge in [0.25, 0.3) is 6.71 Å². The van der Waals surface area contributed by atoms with Gasteiger partial charge >= 0.3 is 0 Å². The second-order valence-corrected chi connectivity index (χ2v) is 20.2. The Morgan fingerprint density at radius 3 is 1.60 bits per heavy atom. The SMILES string of the molecule is CC(C)(C)c1ccc(N2c3cc(N(c4ccccc4)c4ccccc4)cc4c3B3c5c(cccc5[Si](c5ccccc5)(c5ccccc5)c5cccc2c53)O4)cc1. The van der Waals surface area contributed by atoms with Crippen LogP contribution in [0.3, 0.4) is 0 Å². The highest BCUT2D eigenvalue weighted by Crippen LogP contribution is 2.46. The molecular formula is C52H41BN2OSi. The molecular weight excluding hydrogens is 707 g/mol. The number of ether oxygens (including phenoxy) is 1. The van der Waals surface area contributed by atoms with Crippen LogP contribution in [-0.4, -0.2) is 14.8 Å². The van der Waals surface area contributed by atoms with E-state index in [-0.39, 0.29) is 12.1 Å². The molecule has 3 aliphatic rings. The zero-order chi connectivity index (χ0) is 38.3. The molecule has 0 bridgehead atoms. The third-order valence-electron chi connectivity index (χ3n) is 12.3. The van der Waals surface area contributed by atoms with Crippen LogP contribution in [0.25, 0.3) is 0 Å². The second-order valence-electron chi connectivity index (χ2n) is 16.5. The van der Waals surface area contributed by atoms with Crippen LogP contribution in [0.2, 0.25) is 0 Å². The molecule has 0 unspecified atom stereocenters. The van der Waals surface area contributed by atoms with E-state index in [0.717, 1.165) is 39.9 Å². The quantitative estimate of drug-likeness (QED) is 0.159. The number of nitrogens with zero attached hydrogens (tertiary/aromatic N) is 2. The van der Waals surface area contributed by atoms with Gasteiger partial charge in [-0.3, -0.25) is 0 Å². The Kier molecular flexibility index (Phi) is 7.54. The van der Waals surface area contributed by atoms with Crippen LogP contribution in [0.1, 0.15) is 26.3 Å². The third kappa shape index (κ3) is 4.98. The van der Waals surface area contributed by atoms with Crippen molar-refractivity contribution in [2.75, 3.05) is 9.80 Å². The van der Waals surface area contributed by atoms with Gasteiger partial charge in [-0.15, -0.1) is 0 Å². The average Bonchev–Trinajstić information content (AvgIpc) is 3.25. The molecule has 8 aromatic rings. The first-order chi connectivity index (χ1) is 27.9. The van der Waals surface area contributed by atoms with Gasteiger partial charge in [-0.2, -0.15) is 0 Å². The summed E-state index contributed by atoms with van der Waals surface area (Å²) in [7, 11) is -2.85. The van der Waals surface area contributed by atoms with E-state index in [4.69, 9.17) is 4.74 Å². The normalized spacial score (nSPS) is 14.1. The van der Waals surface area contributed by atoms with Crippen molar-refractivity contribution >= 4 is 86.0 Å². The molecule has 11 rings (SSSR count). The molecule has 0 aromatic heterocycles. The first kappa shape index (κ1) is 33.8. The molecule has 5 heteroatoms. The summed E-state index contributed by atoms with van der Waals surface area (Å²) in [6.07, 6.45) is 0. The van der Waals surface area contributed by atoms with Gasteiger partial charge in [0.2, 0.25) is 0 Å². The molecule has 3 aliphatic heterocycles. The number of rotatable bonds is 6. The lowest BCUT2D eigenvalue weighted by molar-refractivity contribution is 0.488. The Bertz CT molecular complexity index is 2730. The van der Waals surface area contributed by atoms with Gasteiger partial charge in [-0.25, -0.2) is 0 Å². The van der Waals surface area contributed by atoms with Crippen molar-refractivity contribution < 1.29 is 4.74 Å². The fraction of sp³-hybridized carbons (Fsp3) is 0.0769. The lowest BCUT2D eigenvalue weighted by Gasteiger charge is -2.49. The van der Waals surface area contributed by atoms with Crippen molar-refractivity contribution in [2.45, 2.75) is 26.2 Å². The Balaban J connectivity index is 1.25. The molecule has 57 heavy (non-hydrogen) atoms. The molecule has 0 fully saturated rings. The van der Waals surface area contributed by atoms with E-state index in [1.165, 1.54) is 48.4 Å². The third-order valence-corrected chi connectivity index (χ3v) is 17.2. The largest absolute Gasteiger partial charge is 0.458 e. The van der Waals surface area contributed by atoms with Crippen LogP contribution >= 0.6 is 0 Å². The van der Waals surface area contributed by atoms with E-state index in [2.05, 4.69) is 225 Å². The Hall–Kier alpha value is -6.56. The van der Waals surface area contributed by atoms with Gasteiger partial charge in [0.1, 0.15) is 11.5 Å². The van der Waals surface area contributed by atoms with Gasteiger partial charge in [-0.1, -0.05) is 154 Å². The number of benzene rings is 8. The van der Waals surface area contributed by atoms with Gasteiger partial charge in [0, 0.05) is 34.5 Å². The highest BCUT2D eigenvalue weighted by atomic mass is 28.3. The van der Waals surface area contributed by atoms with Crippen LogP contribution in [0.4, 0.5) is 34.1 Å². The van der Waals surface area contributed by atoms with E-state index in [9.17, 15) is 0 Å². The van der Waals surface area contributed by atoms with E-state index in [1.807, 2.05) is 0 Å². The van der Waals surface area contributed by atoms with Crippen molar-refractivity contribution in [1.82, 2.24) is 0 Å². The molecule has 0 N–H and O–H groups in total. The molecule has 3 heterocycles. The van der Waals surface area contributed by atoms with E-state index in [0.29, 0.717) is 0 Å². The Morgan fingerprint density at radius 2 is 1.02 bits per heavy atom. The predicted octanol–water partition coefficient (Wildman–Crippen LogP) is 8.55. The topological polar surface area (TPSA) is 15.7 Å². The van der Waals surface area contributed by atoms with Crippen LogP contribution in [-0.2, 0) is 5.41 Å². The lowest BCUT2D eigenvalue weighted by atomic mass is 9.34. The van der Waals surface area contributed by atoms with E-state index < -0.39 is 8.07 Å². The summed E-state index contributed by atoms with van der Waals surface area (Å²) in [4.78, 5) is 4.87. The maximum Gasteiger partial charge on any atom is 0.256 e. The van der Waals surface area contributed by atoms with Crippen LogP contribution in [0.5, 0.6) is 11.5 Å². The summed E-state index contributed by atoms with van der Waals surface area (Å²) in [5.41, 5.74) is 12.0.